The van der Waals surface area contributed by atoms with Gasteiger partial charge in [-0.05, 0) is 6.42 Å². The lowest BCUT2D eigenvalue weighted by Gasteiger charge is -2.08. The van der Waals surface area contributed by atoms with Gasteiger partial charge in [0.25, 0.3) is 0 Å². The lowest BCUT2D eigenvalue weighted by Crippen LogP contribution is -2.16. The number of hydrogen-bond donors (Lipinski definition) is 2. The molecule has 0 bridgehead atoms. The fraction of sp³-hybridized carbons (Fsp3) is 1.00. The molecule has 0 heterocycles. The Morgan fingerprint density at radius 2 is 2.20 bits per heavy atom. The van der Waals surface area contributed by atoms with Crippen molar-refractivity contribution in [1.82, 2.24) is 0 Å². The smallest absolute Gasteiger partial charge is 0.0773 e. The molecular formula is C7H16O3. The van der Waals surface area contributed by atoms with Crippen LogP contribution in [-0.2, 0) is 4.74 Å². The first kappa shape index (κ1) is 9.88. The Bertz CT molecular complexity index is 65.9. The molecule has 3 heteroatoms. The van der Waals surface area contributed by atoms with Gasteiger partial charge >= 0.3 is 0 Å². The van der Waals surface area contributed by atoms with Gasteiger partial charge in [-0.25, -0.2) is 0 Å². The zero-order valence-corrected chi connectivity index (χ0v) is 6.42. The highest BCUT2D eigenvalue weighted by Crippen LogP contribution is 1.95. The zero-order valence-electron chi connectivity index (χ0n) is 6.42. The summed E-state index contributed by atoms with van der Waals surface area (Å²) in [5, 5.41) is 17.4. The van der Waals surface area contributed by atoms with Crippen LogP contribution in [0, 0.1) is 0 Å². The van der Waals surface area contributed by atoms with Gasteiger partial charge in [-0.15, -0.1) is 0 Å². The third kappa shape index (κ3) is 6.01. The van der Waals surface area contributed by atoms with E-state index in [1.807, 2.05) is 6.92 Å². The van der Waals surface area contributed by atoms with Crippen molar-refractivity contribution in [2.75, 3.05) is 19.8 Å². The van der Waals surface area contributed by atoms with E-state index in [1.165, 1.54) is 0 Å². The van der Waals surface area contributed by atoms with Gasteiger partial charge in [0.1, 0.15) is 0 Å². The van der Waals surface area contributed by atoms with Crippen LogP contribution >= 0.6 is 0 Å². The molecule has 0 amide bonds. The highest BCUT2D eigenvalue weighted by atomic mass is 16.5. The van der Waals surface area contributed by atoms with Crippen LogP contribution in [0.15, 0.2) is 0 Å². The molecule has 0 aliphatic heterocycles. The SMILES string of the molecule is CCCC(O)COCCO. The van der Waals surface area contributed by atoms with Crippen LogP contribution in [0.4, 0.5) is 0 Å². The van der Waals surface area contributed by atoms with Gasteiger partial charge < -0.3 is 14.9 Å². The molecule has 0 aromatic heterocycles. The van der Waals surface area contributed by atoms with Crippen molar-refractivity contribution in [3.63, 3.8) is 0 Å². The van der Waals surface area contributed by atoms with Crippen LogP contribution in [0.2, 0.25) is 0 Å². The van der Waals surface area contributed by atoms with E-state index in [9.17, 15) is 0 Å². The van der Waals surface area contributed by atoms with Gasteiger partial charge in [0, 0.05) is 0 Å². The number of aliphatic hydroxyl groups excluding tert-OH is 2. The summed E-state index contributed by atoms with van der Waals surface area (Å²) in [6.07, 6.45) is 1.37. The Kier molecular flexibility index (Phi) is 6.91. The fourth-order valence-electron chi connectivity index (χ4n) is 0.700. The Labute approximate surface area is 61.6 Å². The van der Waals surface area contributed by atoms with Crippen molar-refractivity contribution < 1.29 is 14.9 Å². The maximum Gasteiger partial charge on any atom is 0.0773 e. The maximum absolute atomic E-state index is 9.07. The molecule has 2 N–H and O–H groups in total. The van der Waals surface area contributed by atoms with Gasteiger partial charge in [-0.1, -0.05) is 13.3 Å². The average Bonchev–Trinajstić information content (AvgIpc) is 1.89. The lowest BCUT2D eigenvalue weighted by molar-refractivity contribution is 0.0178. The molecule has 0 saturated heterocycles. The van der Waals surface area contributed by atoms with E-state index in [0.717, 1.165) is 12.8 Å². The molecule has 0 radical (unpaired) electrons. The fourth-order valence-corrected chi connectivity index (χ4v) is 0.700. The van der Waals surface area contributed by atoms with Crippen LogP contribution in [0.3, 0.4) is 0 Å². The second-order valence-electron chi connectivity index (χ2n) is 2.24. The number of hydrogen-bond acceptors (Lipinski definition) is 3. The summed E-state index contributed by atoms with van der Waals surface area (Å²) in [7, 11) is 0. The molecule has 1 unspecified atom stereocenters. The van der Waals surface area contributed by atoms with Crippen molar-refractivity contribution in [3.8, 4) is 0 Å². The van der Waals surface area contributed by atoms with Crippen LogP contribution < -0.4 is 0 Å². The summed E-state index contributed by atoms with van der Waals surface area (Å²) in [5.41, 5.74) is 0. The molecular weight excluding hydrogens is 132 g/mol. The van der Waals surface area contributed by atoms with Crippen molar-refractivity contribution in [2.45, 2.75) is 25.9 Å². The predicted octanol–water partition coefficient (Wildman–Crippen LogP) is 0.156. The number of rotatable bonds is 6. The molecule has 0 aromatic carbocycles. The number of aliphatic hydroxyl groups is 2. The lowest BCUT2D eigenvalue weighted by atomic mass is 10.2. The molecule has 0 rings (SSSR count). The molecule has 3 nitrogen and oxygen atoms in total. The molecule has 1 atom stereocenters. The Balaban J connectivity index is 2.97. The highest BCUT2D eigenvalue weighted by molar-refractivity contribution is 4.50. The minimum Gasteiger partial charge on any atom is -0.394 e. The molecule has 0 fully saturated rings. The van der Waals surface area contributed by atoms with Crippen molar-refractivity contribution in [1.29, 1.82) is 0 Å². The van der Waals surface area contributed by atoms with Crippen LogP contribution in [0.1, 0.15) is 19.8 Å². The largest absolute Gasteiger partial charge is 0.394 e. The van der Waals surface area contributed by atoms with Crippen LogP contribution in [-0.4, -0.2) is 36.1 Å². The van der Waals surface area contributed by atoms with Gasteiger partial charge in [0.15, 0.2) is 0 Å². The summed E-state index contributed by atoms with van der Waals surface area (Å²) in [5.74, 6) is 0. The monoisotopic (exact) mass is 148 g/mol. The van der Waals surface area contributed by atoms with Crippen molar-refractivity contribution in [2.24, 2.45) is 0 Å². The predicted molar refractivity (Wildman–Crippen MR) is 38.8 cm³/mol. The number of ether oxygens (including phenoxy) is 1. The van der Waals surface area contributed by atoms with E-state index in [-0.39, 0.29) is 12.7 Å². The first-order valence-corrected chi connectivity index (χ1v) is 3.68. The van der Waals surface area contributed by atoms with Gasteiger partial charge in [0.2, 0.25) is 0 Å². The molecule has 0 spiro atoms. The first-order chi connectivity index (χ1) is 4.81. The molecule has 0 aromatic rings. The Hall–Kier alpha value is -0.120. The Morgan fingerprint density at radius 1 is 1.50 bits per heavy atom. The minimum atomic E-state index is -0.364. The molecule has 62 valence electrons. The summed E-state index contributed by atoms with van der Waals surface area (Å²) < 4.78 is 4.90. The van der Waals surface area contributed by atoms with Crippen molar-refractivity contribution >= 4 is 0 Å². The molecule has 10 heavy (non-hydrogen) atoms. The van der Waals surface area contributed by atoms with E-state index in [2.05, 4.69) is 0 Å². The summed E-state index contributed by atoms with van der Waals surface area (Å²) in [4.78, 5) is 0. The second-order valence-corrected chi connectivity index (χ2v) is 2.24. The third-order valence-corrected chi connectivity index (χ3v) is 1.17. The minimum absolute atomic E-state index is 0.0266. The van der Waals surface area contributed by atoms with Gasteiger partial charge in [0.05, 0.1) is 25.9 Å². The summed E-state index contributed by atoms with van der Waals surface area (Å²) >= 11 is 0. The van der Waals surface area contributed by atoms with Gasteiger partial charge in [-0.3, -0.25) is 0 Å². The maximum atomic E-state index is 9.07. The molecule has 0 aliphatic carbocycles. The standard InChI is InChI=1S/C7H16O3/c1-2-3-7(9)6-10-5-4-8/h7-9H,2-6H2,1H3. The van der Waals surface area contributed by atoms with E-state index in [0.29, 0.717) is 13.2 Å². The van der Waals surface area contributed by atoms with E-state index < -0.39 is 0 Å². The average molecular weight is 148 g/mol. The topological polar surface area (TPSA) is 49.7 Å². The first-order valence-electron chi connectivity index (χ1n) is 3.68. The van der Waals surface area contributed by atoms with E-state index in [1.54, 1.807) is 0 Å². The molecule has 0 saturated carbocycles. The Morgan fingerprint density at radius 3 is 2.70 bits per heavy atom. The van der Waals surface area contributed by atoms with Crippen LogP contribution in [0.25, 0.3) is 0 Å². The summed E-state index contributed by atoms with van der Waals surface area (Å²) in [6, 6.07) is 0. The second kappa shape index (κ2) is 6.99. The van der Waals surface area contributed by atoms with Crippen molar-refractivity contribution in [3.05, 3.63) is 0 Å². The summed E-state index contributed by atoms with van der Waals surface area (Å²) in [6.45, 7) is 2.70. The van der Waals surface area contributed by atoms with Crippen LogP contribution in [0.5, 0.6) is 0 Å². The van der Waals surface area contributed by atoms with E-state index in [4.69, 9.17) is 14.9 Å². The van der Waals surface area contributed by atoms with Gasteiger partial charge in [-0.2, -0.15) is 0 Å². The molecule has 0 aliphatic rings. The normalized spacial score (nSPS) is 13.5. The third-order valence-electron chi connectivity index (χ3n) is 1.17. The van der Waals surface area contributed by atoms with E-state index >= 15 is 0 Å². The quantitative estimate of drug-likeness (QED) is 0.527. The zero-order chi connectivity index (χ0) is 7.82. The highest BCUT2D eigenvalue weighted by Gasteiger charge is 2.00.